The Morgan fingerprint density at radius 1 is 1.00 bits per heavy atom. The third kappa shape index (κ3) is 6.82. The SMILES string of the molecule is CC([N+](=O)[O-])[N+](=O)[O-].O=[N+]([O-])Cc1ccccc1. The first-order valence-corrected chi connectivity index (χ1v) is 4.77. The van der Waals surface area contributed by atoms with Gasteiger partial charge in [0, 0.05) is 10.5 Å². The van der Waals surface area contributed by atoms with Gasteiger partial charge in [-0.25, -0.2) is 0 Å². The number of nitro groups is 3. The normalized spacial score (nSPS) is 9.22. The third-order valence-corrected chi connectivity index (χ3v) is 1.76. The molecular formula is C9H11N3O6. The summed E-state index contributed by atoms with van der Waals surface area (Å²) >= 11 is 0. The van der Waals surface area contributed by atoms with Crippen LogP contribution in [-0.2, 0) is 6.54 Å². The van der Waals surface area contributed by atoms with Crippen molar-refractivity contribution in [2.75, 3.05) is 0 Å². The molecule has 0 aliphatic heterocycles. The molecule has 0 aromatic heterocycles. The smallest absolute Gasteiger partial charge is 0.264 e. The van der Waals surface area contributed by atoms with Gasteiger partial charge in [0.05, 0.1) is 16.8 Å². The average Bonchev–Trinajstić information content (AvgIpc) is 2.29. The number of nitrogens with zero attached hydrogens (tertiary/aromatic N) is 3. The van der Waals surface area contributed by atoms with Gasteiger partial charge in [-0.15, -0.1) is 0 Å². The fourth-order valence-corrected chi connectivity index (χ4v) is 0.809. The van der Waals surface area contributed by atoms with E-state index in [2.05, 4.69) is 0 Å². The summed E-state index contributed by atoms with van der Waals surface area (Å²) < 4.78 is 0. The second kappa shape index (κ2) is 7.65. The van der Waals surface area contributed by atoms with Crippen molar-refractivity contribution in [3.05, 3.63) is 66.2 Å². The predicted octanol–water partition coefficient (Wildman–Crippen LogP) is 1.35. The highest BCUT2D eigenvalue weighted by atomic mass is 16.7. The monoisotopic (exact) mass is 257 g/mol. The lowest BCUT2D eigenvalue weighted by Gasteiger charge is -1.90. The fourth-order valence-electron chi connectivity index (χ4n) is 0.809. The van der Waals surface area contributed by atoms with Crippen LogP contribution >= 0.6 is 0 Å². The van der Waals surface area contributed by atoms with E-state index in [1.54, 1.807) is 24.3 Å². The first-order chi connectivity index (χ1) is 8.34. The quantitative estimate of drug-likeness (QED) is 0.454. The lowest BCUT2D eigenvalue weighted by atomic mass is 10.2. The second-order valence-electron chi connectivity index (χ2n) is 3.18. The van der Waals surface area contributed by atoms with Crippen molar-refractivity contribution in [1.82, 2.24) is 0 Å². The summed E-state index contributed by atoms with van der Waals surface area (Å²) in [6.07, 6.45) is -1.69. The minimum atomic E-state index is -1.69. The van der Waals surface area contributed by atoms with Crippen molar-refractivity contribution >= 4 is 0 Å². The molecule has 0 unspecified atom stereocenters. The third-order valence-electron chi connectivity index (χ3n) is 1.76. The fraction of sp³-hybridized carbons (Fsp3) is 0.333. The van der Waals surface area contributed by atoms with E-state index in [-0.39, 0.29) is 11.5 Å². The molecule has 0 heterocycles. The zero-order chi connectivity index (χ0) is 14.1. The molecule has 0 atom stereocenters. The number of hydrogen-bond acceptors (Lipinski definition) is 6. The Balaban J connectivity index is 0.000000331. The molecule has 9 heteroatoms. The highest BCUT2D eigenvalue weighted by Gasteiger charge is 2.23. The summed E-state index contributed by atoms with van der Waals surface area (Å²) in [6.45, 7) is 0.834. The molecule has 0 aliphatic rings. The van der Waals surface area contributed by atoms with E-state index in [9.17, 15) is 30.3 Å². The van der Waals surface area contributed by atoms with Crippen LogP contribution in [0.2, 0.25) is 0 Å². The van der Waals surface area contributed by atoms with Crippen molar-refractivity contribution in [1.29, 1.82) is 0 Å². The summed E-state index contributed by atoms with van der Waals surface area (Å²) in [6, 6.07) is 8.90. The maximum atomic E-state index is 9.97. The summed E-state index contributed by atoms with van der Waals surface area (Å²) in [5.74, 6) is 0. The molecule has 0 fully saturated rings. The van der Waals surface area contributed by atoms with Gasteiger partial charge in [-0.05, 0) is 0 Å². The Labute approximate surface area is 101 Å². The molecule has 9 nitrogen and oxygen atoms in total. The molecule has 0 saturated carbocycles. The molecule has 1 aromatic rings. The Bertz CT molecular complexity index is 408. The highest BCUT2D eigenvalue weighted by molar-refractivity contribution is 5.13. The van der Waals surface area contributed by atoms with E-state index in [0.717, 1.165) is 12.5 Å². The van der Waals surface area contributed by atoms with Crippen LogP contribution in [-0.4, -0.2) is 20.9 Å². The van der Waals surface area contributed by atoms with Crippen LogP contribution in [0.3, 0.4) is 0 Å². The van der Waals surface area contributed by atoms with Crippen molar-refractivity contribution < 1.29 is 14.8 Å². The van der Waals surface area contributed by atoms with Crippen LogP contribution in [0.5, 0.6) is 0 Å². The van der Waals surface area contributed by atoms with Crippen molar-refractivity contribution in [2.45, 2.75) is 19.6 Å². The van der Waals surface area contributed by atoms with Crippen molar-refractivity contribution in [2.24, 2.45) is 0 Å². The lowest BCUT2D eigenvalue weighted by Crippen LogP contribution is -2.24. The van der Waals surface area contributed by atoms with Gasteiger partial charge in [0.25, 0.3) is 0 Å². The Morgan fingerprint density at radius 2 is 1.44 bits per heavy atom. The van der Waals surface area contributed by atoms with Crippen LogP contribution in [0.1, 0.15) is 12.5 Å². The van der Waals surface area contributed by atoms with Crippen LogP contribution in [0.4, 0.5) is 0 Å². The molecular weight excluding hydrogens is 246 g/mol. The molecule has 1 aromatic carbocycles. The van der Waals surface area contributed by atoms with Gasteiger partial charge in [0.2, 0.25) is 6.54 Å². The van der Waals surface area contributed by atoms with Crippen molar-refractivity contribution in [3.8, 4) is 0 Å². The molecule has 0 amide bonds. The minimum Gasteiger partial charge on any atom is -0.264 e. The largest absolute Gasteiger partial charge is 0.448 e. The van der Waals surface area contributed by atoms with E-state index < -0.39 is 16.0 Å². The van der Waals surface area contributed by atoms with Gasteiger partial charge >= 0.3 is 6.17 Å². The van der Waals surface area contributed by atoms with Gasteiger partial charge < -0.3 is 0 Å². The molecule has 1 rings (SSSR count). The van der Waals surface area contributed by atoms with E-state index in [4.69, 9.17) is 0 Å². The Morgan fingerprint density at radius 3 is 1.72 bits per heavy atom. The van der Waals surface area contributed by atoms with Crippen LogP contribution in [0.25, 0.3) is 0 Å². The highest BCUT2D eigenvalue weighted by Crippen LogP contribution is 1.98. The minimum absolute atomic E-state index is 0.0825. The predicted molar refractivity (Wildman–Crippen MR) is 60.6 cm³/mol. The number of rotatable bonds is 4. The van der Waals surface area contributed by atoms with Crippen LogP contribution in [0.15, 0.2) is 30.3 Å². The second-order valence-corrected chi connectivity index (χ2v) is 3.18. The number of hydrogen-bond donors (Lipinski definition) is 0. The molecule has 18 heavy (non-hydrogen) atoms. The topological polar surface area (TPSA) is 129 Å². The first-order valence-electron chi connectivity index (χ1n) is 4.77. The zero-order valence-electron chi connectivity index (χ0n) is 9.46. The van der Waals surface area contributed by atoms with Gasteiger partial charge in [-0.1, -0.05) is 30.3 Å². The molecule has 0 radical (unpaired) electrons. The Kier molecular flexibility index (Phi) is 6.56. The summed E-state index contributed by atoms with van der Waals surface area (Å²) in [4.78, 5) is 26.7. The van der Waals surface area contributed by atoms with Gasteiger partial charge in [0.1, 0.15) is 0 Å². The maximum absolute atomic E-state index is 9.97. The number of benzene rings is 1. The first kappa shape index (κ1) is 15.4. The zero-order valence-corrected chi connectivity index (χ0v) is 9.46. The van der Waals surface area contributed by atoms with E-state index in [0.29, 0.717) is 0 Å². The summed E-state index contributed by atoms with van der Waals surface area (Å²) in [5, 5.41) is 29.0. The van der Waals surface area contributed by atoms with Gasteiger partial charge in [-0.2, -0.15) is 0 Å². The molecule has 0 N–H and O–H groups in total. The summed E-state index contributed by atoms with van der Waals surface area (Å²) in [5.41, 5.74) is 0.743. The van der Waals surface area contributed by atoms with Crippen LogP contribution < -0.4 is 0 Å². The van der Waals surface area contributed by atoms with Gasteiger partial charge in [0.15, 0.2) is 0 Å². The van der Waals surface area contributed by atoms with Gasteiger partial charge in [-0.3, -0.25) is 30.3 Å². The molecule has 0 saturated heterocycles. The lowest BCUT2D eigenvalue weighted by molar-refractivity contribution is -0.737. The van der Waals surface area contributed by atoms with Crippen LogP contribution in [0, 0.1) is 30.3 Å². The Hall–Kier alpha value is -2.58. The standard InChI is InChI=1S/C7H7NO2.C2H4N2O4/c9-8(10)6-7-4-2-1-3-5-7;1-2(3(5)6)4(7)8/h1-5H,6H2;2H,1H3. The van der Waals surface area contributed by atoms with Crippen molar-refractivity contribution in [3.63, 3.8) is 0 Å². The molecule has 98 valence electrons. The van der Waals surface area contributed by atoms with E-state index in [1.165, 1.54) is 0 Å². The molecule has 0 spiro atoms. The van der Waals surface area contributed by atoms with E-state index in [1.807, 2.05) is 6.07 Å². The summed E-state index contributed by atoms with van der Waals surface area (Å²) in [7, 11) is 0. The van der Waals surface area contributed by atoms with E-state index >= 15 is 0 Å². The molecule has 0 bridgehead atoms. The maximum Gasteiger partial charge on any atom is 0.448 e. The molecule has 0 aliphatic carbocycles. The average molecular weight is 257 g/mol.